The van der Waals surface area contributed by atoms with Crippen LogP contribution in [0.25, 0.3) is 11.2 Å². The van der Waals surface area contributed by atoms with E-state index < -0.39 is 84.6 Å². The van der Waals surface area contributed by atoms with E-state index in [1.807, 2.05) is 0 Å². The lowest BCUT2D eigenvalue weighted by atomic mass is 9.87. The summed E-state index contributed by atoms with van der Waals surface area (Å²) in [6.07, 6.45) is 1.28. The van der Waals surface area contributed by atoms with Crippen LogP contribution in [0.2, 0.25) is 0 Å². The van der Waals surface area contributed by atoms with Gasteiger partial charge in [0, 0.05) is 37.1 Å². The van der Waals surface area contributed by atoms with E-state index in [9.17, 15) is 62.7 Å². The van der Waals surface area contributed by atoms with Crippen LogP contribution in [0.3, 0.4) is 0 Å². The molecule has 7 atom stereocenters. The van der Waals surface area contributed by atoms with Crippen molar-refractivity contribution >= 4 is 74.9 Å². The first-order valence-electron chi connectivity index (χ1n) is 20.8. The second-order valence-corrected chi connectivity index (χ2v) is 21.5. The molecule has 370 valence electrons. The first kappa shape index (κ1) is 56.6. The molecule has 2 aromatic rings. The number of ketones is 1. The number of carbonyl (C=O) groups is 4. The van der Waals surface area contributed by atoms with Crippen molar-refractivity contribution in [2.24, 2.45) is 11.3 Å². The van der Waals surface area contributed by atoms with E-state index in [-0.39, 0.29) is 59.6 Å². The number of aliphatic hydroxyl groups is 2. The van der Waals surface area contributed by atoms with Crippen molar-refractivity contribution in [3.63, 3.8) is 0 Å². The number of thioether (sulfide) groups is 1. The summed E-state index contributed by atoms with van der Waals surface area (Å²) < 4.78 is 60.7. The molecule has 29 heteroatoms. The van der Waals surface area contributed by atoms with Crippen molar-refractivity contribution in [1.29, 1.82) is 0 Å². The fourth-order valence-electron chi connectivity index (χ4n) is 6.33. The summed E-state index contributed by atoms with van der Waals surface area (Å²) in [5, 5.41) is 26.0. The number of amides is 2. The molecule has 0 bridgehead atoms. The molecular formula is C36H58N7O18P3S-4. The zero-order valence-electron chi connectivity index (χ0n) is 36.5. The molecule has 25 nitrogen and oxygen atoms in total. The highest BCUT2D eigenvalue weighted by Crippen LogP contribution is 2.56. The molecule has 2 amide bonds. The predicted octanol–water partition coefficient (Wildman–Crippen LogP) is 0.263. The largest absolute Gasteiger partial charge is 0.790 e. The third-order valence-electron chi connectivity index (χ3n) is 9.82. The van der Waals surface area contributed by atoms with Gasteiger partial charge in [0.1, 0.15) is 42.0 Å². The van der Waals surface area contributed by atoms with Crippen LogP contribution in [-0.2, 0) is 55.5 Å². The highest BCUT2D eigenvalue weighted by Gasteiger charge is 2.47. The number of anilines is 1. The fraction of sp³-hybridized carbons (Fsp3) is 0.750. The molecule has 2 unspecified atom stereocenters. The van der Waals surface area contributed by atoms with Crippen molar-refractivity contribution < 1.29 is 85.3 Å². The number of fused-ring (bicyclic) bond motifs is 1. The third-order valence-corrected chi connectivity index (χ3v) is 13.7. The smallest absolute Gasteiger partial charge is 0.274 e. The standard InChI is InChI=1S/C36H62N7O18P3S/c1-23(2)12-10-8-6-5-7-9-11-13-24(44)18-27(46)65-17-16-38-26(45)14-15-39-34(49)31(48)36(3,4)20-58-64(55,56)61-63(53,54)57-19-25-30(60-62(50,51)52)29(47)35(59-25)43-22-42-28-32(37)40-21-41-33(28)43/h21-23,25,29-31,35,47-48H,5-20H2,1-4H3,(H,38,45)(H,39,49)(H,53,54)(H,55,56)(H2,37,40,41)(H2,50,51,52)/p-4/t25-,29-,30-,31+,35-/m1/s1. The topological polar surface area (TPSA) is 392 Å². The summed E-state index contributed by atoms with van der Waals surface area (Å²) >= 11 is 0.923. The van der Waals surface area contributed by atoms with Crippen molar-refractivity contribution in [1.82, 2.24) is 30.2 Å². The highest BCUT2D eigenvalue weighted by atomic mass is 32.2. The lowest BCUT2D eigenvalue weighted by Gasteiger charge is -2.36. The molecule has 0 aliphatic carbocycles. The van der Waals surface area contributed by atoms with Crippen molar-refractivity contribution in [3.8, 4) is 0 Å². The number of nitrogens with zero attached hydrogens (tertiary/aromatic N) is 4. The van der Waals surface area contributed by atoms with Crippen molar-refractivity contribution in [2.45, 2.75) is 129 Å². The first-order chi connectivity index (χ1) is 30.3. The number of phosphoric ester groups is 3. The molecule has 0 saturated carbocycles. The van der Waals surface area contributed by atoms with Gasteiger partial charge < -0.3 is 69.0 Å². The second kappa shape index (κ2) is 26.1. The number of rotatable bonds is 31. The molecule has 1 fully saturated rings. The Morgan fingerprint density at radius 1 is 0.938 bits per heavy atom. The van der Waals surface area contributed by atoms with E-state index in [0.29, 0.717) is 6.42 Å². The molecule has 3 heterocycles. The molecule has 65 heavy (non-hydrogen) atoms. The molecule has 0 aromatic carbocycles. The second-order valence-electron chi connectivity index (χ2n) is 16.3. The van der Waals surface area contributed by atoms with Gasteiger partial charge in [-0.2, -0.15) is 0 Å². The van der Waals surface area contributed by atoms with Gasteiger partial charge in [-0.3, -0.25) is 32.9 Å². The number of nitrogen functional groups attached to an aromatic ring is 1. The summed E-state index contributed by atoms with van der Waals surface area (Å²) in [6, 6.07) is 0. The van der Waals surface area contributed by atoms with Crippen molar-refractivity contribution in [3.05, 3.63) is 12.7 Å². The highest BCUT2D eigenvalue weighted by molar-refractivity contribution is 8.13. The number of hydrogen-bond donors (Lipinski definition) is 5. The first-order valence-corrected chi connectivity index (χ1v) is 26.2. The summed E-state index contributed by atoms with van der Waals surface area (Å²) in [6.45, 7) is 4.37. The van der Waals surface area contributed by atoms with Gasteiger partial charge in [-0.15, -0.1) is 0 Å². The summed E-state index contributed by atoms with van der Waals surface area (Å²) in [5.41, 5.74) is 4.05. The zero-order chi connectivity index (χ0) is 48.6. The molecule has 3 rings (SSSR count). The van der Waals surface area contributed by atoms with Crippen LogP contribution in [0, 0.1) is 11.3 Å². The molecule has 1 aliphatic rings. The Bertz CT molecular complexity index is 2040. The predicted molar refractivity (Wildman–Crippen MR) is 224 cm³/mol. The van der Waals surface area contributed by atoms with Gasteiger partial charge in [-0.05, 0) is 12.3 Å². The summed E-state index contributed by atoms with van der Waals surface area (Å²) in [7, 11) is -17.6. The SMILES string of the molecule is CC(C)CCCCCCCCCC(=O)CC(=O)SCCNC(=O)CCNC(=O)[C@H](O)C(C)(C)COP(=O)([O-])OP(=O)([O-])OC[C@H]1O[C@@H](n2cnc3c(N)ncnc32)[C@H](O)[C@@H]1OP(=O)([O-])[O-]. The molecule has 0 spiro atoms. The molecule has 0 radical (unpaired) electrons. The lowest BCUT2D eigenvalue weighted by molar-refractivity contribution is -0.347. The number of nitrogens with one attached hydrogen (secondary N) is 2. The van der Waals surface area contributed by atoms with Crippen LogP contribution >= 0.6 is 35.2 Å². The number of unbranched alkanes of at least 4 members (excludes halogenated alkanes) is 6. The van der Waals surface area contributed by atoms with Crippen molar-refractivity contribution in [2.75, 3.05) is 37.8 Å². The molecular weight excluding hydrogens is 943 g/mol. The Hall–Kier alpha value is -2.77. The maximum Gasteiger partial charge on any atom is 0.274 e. The average Bonchev–Trinajstić information content (AvgIpc) is 3.76. The van der Waals surface area contributed by atoms with E-state index >= 15 is 0 Å². The maximum absolute atomic E-state index is 12.6. The number of imidazole rings is 1. The minimum absolute atomic E-state index is 0.0260. The van der Waals surface area contributed by atoms with Crippen LogP contribution in [0.15, 0.2) is 12.7 Å². The maximum atomic E-state index is 12.6. The number of Topliss-reactive ketones (excluding diaryl/α,β-unsaturated/α-hetero) is 1. The van der Waals surface area contributed by atoms with E-state index in [2.05, 4.69) is 57.3 Å². The normalized spacial score (nSPS) is 20.4. The van der Waals surface area contributed by atoms with E-state index in [4.69, 9.17) is 10.5 Å². The van der Waals surface area contributed by atoms with Gasteiger partial charge in [0.15, 0.2) is 22.8 Å². The van der Waals surface area contributed by atoms with Crippen LogP contribution < -0.4 is 35.9 Å². The molecule has 1 aliphatic heterocycles. The van der Waals surface area contributed by atoms with Gasteiger partial charge >= 0.3 is 0 Å². The molecule has 1 saturated heterocycles. The van der Waals surface area contributed by atoms with E-state index in [1.54, 1.807) is 0 Å². The minimum Gasteiger partial charge on any atom is -0.790 e. The number of aliphatic hydroxyl groups excluding tert-OH is 2. The summed E-state index contributed by atoms with van der Waals surface area (Å²) in [4.78, 5) is 109. The zero-order valence-corrected chi connectivity index (χ0v) is 40.0. The van der Waals surface area contributed by atoms with Crippen LogP contribution in [0.1, 0.15) is 105 Å². The lowest BCUT2D eigenvalue weighted by Crippen LogP contribution is -2.46. The Labute approximate surface area is 380 Å². The molecule has 2 aromatic heterocycles. The van der Waals surface area contributed by atoms with Gasteiger partial charge in [-0.1, -0.05) is 84.4 Å². The Morgan fingerprint density at radius 2 is 1.58 bits per heavy atom. The van der Waals surface area contributed by atoms with Crippen LogP contribution in [0.4, 0.5) is 5.82 Å². The van der Waals surface area contributed by atoms with Gasteiger partial charge in [-0.25, -0.2) is 19.3 Å². The average molecular weight is 1000 g/mol. The quantitative estimate of drug-likeness (QED) is 0.0384. The molecule has 6 N–H and O–H groups in total. The number of hydrogen-bond acceptors (Lipinski definition) is 23. The Balaban J connectivity index is 1.35. The fourth-order valence-corrected chi connectivity index (χ4v) is 9.76. The third kappa shape index (κ3) is 20.2. The number of phosphoric acid groups is 3. The van der Waals surface area contributed by atoms with Gasteiger partial charge in [0.25, 0.3) is 15.6 Å². The van der Waals surface area contributed by atoms with E-state index in [0.717, 1.165) is 60.6 Å². The number of carbonyl (C=O) groups excluding carboxylic acids is 4. The Kier molecular flexibility index (Phi) is 22.7. The monoisotopic (exact) mass is 1000 g/mol. The minimum atomic E-state index is -5.93. The van der Waals surface area contributed by atoms with Gasteiger partial charge in [0.2, 0.25) is 11.8 Å². The number of aromatic nitrogens is 4. The van der Waals surface area contributed by atoms with Crippen LogP contribution in [0.5, 0.6) is 0 Å². The van der Waals surface area contributed by atoms with Crippen LogP contribution in [-0.4, -0.2) is 109 Å². The number of ether oxygens (including phenoxy) is 1. The van der Waals surface area contributed by atoms with E-state index in [1.165, 1.54) is 39.5 Å². The summed E-state index contributed by atoms with van der Waals surface area (Å²) in [5.74, 6) is -0.796. The van der Waals surface area contributed by atoms with Gasteiger partial charge in [0.05, 0.1) is 33.8 Å². The number of nitrogens with two attached hydrogens (primary N) is 1. The Morgan fingerprint density at radius 3 is 2.25 bits per heavy atom.